The molecule has 2 unspecified atom stereocenters. The zero-order valence-electron chi connectivity index (χ0n) is 19.9. The molecule has 0 amide bonds. The molecule has 29 heavy (non-hydrogen) atoms. The zero-order valence-corrected chi connectivity index (χ0v) is 21.9. The van der Waals surface area contributed by atoms with Crippen molar-refractivity contribution in [3.05, 3.63) is 0 Å². The molecule has 6 heteroatoms. The van der Waals surface area contributed by atoms with Crippen LogP contribution in [0.4, 0.5) is 0 Å². The maximum Gasteiger partial charge on any atom is 0.402 e. The molecule has 4 nitrogen and oxygen atoms in total. The van der Waals surface area contributed by atoms with Crippen LogP contribution in [0.25, 0.3) is 0 Å². The number of carbonyl (C=O) groups excluding carboxylic acids is 1. The highest BCUT2D eigenvalue weighted by atomic mass is 28.4. The maximum absolute atomic E-state index is 13.9. The average Bonchev–Trinajstić information content (AvgIpc) is 2.78. The molecule has 0 heterocycles. The van der Waals surface area contributed by atoms with Crippen LogP contribution in [0.5, 0.6) is 0 Å². The molecule has 0 bridgehead atoms. The predicted octanol–water partition coefficient (Wildman–Crippen LogP) is 6.90. The van der Waals surface area contributed by atoms with Crippen LogP contribution >= 0.6 is 0 Å². The Morgan fingerprint density at radius 3 is 1.76 bits per heavy atom. The van der Waals surface area contributed by atoms with Gasteiger partial charge in [0, 0.05) is 14.2 Å². The molecule has 0 aromatic carbocycles. The lowest BCUT2D eigenvalue weighted by Gasteiger charge is -2.50. The van der Waals surface area contributed by atoms with Crippen molar-refractivity contribution in [2.45, 2.75) is 126 Å². The van der Waals surface area contributed by atoms with E-state index in [-0.39, 0.29) is 5.97 Å². The molecule has 0 N–H and O–H groups in total. The lowest BCUT2D eigenvalue weighted by Crippen LogP contribution is -2.56. The highest BCUT2D eigenvalue weighted by Crippen LogP contribution is 2.55. The van der Waals surface area contributed by atoms with Gasteiger partial charge in [0.25, 0.3) is 14.3 Å². The first kappa shape index (κ1) is 25.1. The summed E-state index contributed by atoms with van der Waals surface area (Å²) in [6.45, 7) is 8.76. The van der Waals surface area contributed by atoms with Crippen molar-refractivity contribution in [2.24, 2.45) is 0 Å². The van der Waals surface area contributed by atoms with Gasteiger partial charge in [0.2, 0.25) is 0 Å². The van der Waals surface area contributed by atoms with Crippen molar-refractivity contribution in [3.63, 3.8) is 0 Å². The first-order valence-electron chi connectivity index (χ1n) is 12.1. The fraction of sp³-hybridized carbons (Fsp3) is 0.957. The third-order valence-corrected chi connectivity index (χ3v) is 16.5. The van der Waals surface area contributed by atoms with Crippen molar-refractivity contribution in [3.8, 4) is 0 Å². The monoisotopic (exact) mass is 441 g/mol. The molecule has 2 fully saturated rings. The van der Waals surface area contributed by atoms with Gasteiger partial charge in [-0.25, -0.2) is 0 Å². The van der Waals surface area contributed by atoms with Crippen LogP contribution in [0.3, 0.4) is 0 Å². The first-order chi connectivity index (χ1) is 13.9. The second kappa shape index (κ2) is 11.4. The minimum atomic E-state index is -2.30. The lowest BCUT2D eigenvalue weighted by molar-refractivity contribution is -0.140. The lowest BCUT2D eigenvalue weighted by atomic mass is 9.99. The molecule has 2 rings (SSSR count). The molecule has 0 saturated heterocycles. The van der Waals surface area contributed by atoms with E-state index in [1.807, 2.05) is 6.92 Å². The molecule has 2 aliphatic rings. The predicted molar refractivity (Wildman–Crippen MR) is 124 cm³/mol. The number of rotatable bonds is 10. The molecule has 2 atom stereocenters. The summed E-state index contributed by atoms with van der Waals surface area (Å²) in [5.41, 5.74) is 1.76. The minimum Gasteiger partial charge on any atom is -0.518 e. The fourth-order valence-electron chi connectivity index (χ4n) is 6.01. The van der Waals surface area contributed by atoms with E-state index < -0.39 is 22.6 Å². The summed E-state index contributed by atoms with van der Waals surface area (Å²) < 4.78 is 18.3. The van der Waals surface area contributed by atoms with E-state index in [1.165, 1.54) is 64.2 Å². The maximum atomic E-state index is 13.9. The van der Waals surface area contributed by atoms with Gasteiger partial charge in [0.15, 0.2) is 0 Å². The normalized spacial score (nSPS) is 23.0. The topological polar surface area (TPSA) is 44.8 Å². The first-order valence-corrected chi connectivity index (χ1v) is 15.5. The van der Waals surface area contributed by atoms with E-state index in [4.69, 9.17) is 13.3 Å². The van der Waals surface area contributed by atoms with Crippen LogP contribution in [0.2, 0.25) is 21.7 Å². The summed E-state index contributed by atoms with van der Waals surface area (Å²) in [6, 6.07) is 0. The molecule has 1 radical (unpaired) electrons. The number of hydrogen-bond donors (Lipinski definition) is 0. The van der Waals surface area contributed by atoms with Crippen molar-refractivity contribution >= 4 is 23.6 Å². The van der Waals surface area contributed by atoms with Gasteiger partial charge < -0.3 is 13.3 Å². The summed E-state index contributed by atoms with van der Waals surface area (Å²) in [4.78, 5) is 13.9. The second-order valence-corrected chi connectivity index (χ2v) is 16.6. The van der Waals surface area contributed by atoms with Gasteiger partial charge in [-0.15, -0.1) is 0 Å². The SMILES string of the molecule is CCC(C)[Si](OC(=O)C(C)(CC)[Si](OC)OC)(C1CCCCC1)C1CCCCC1. The Hall–Kier alpha value is -0.176. The summed E-state index contributed by atoms with van der Waals surface area (Å²) in [5, 5.41) is -0.663. The zero-order chi connectivity index (χ0) is 21.5. The van der Waals surface area contributed by atoms with Crippen molar-refractivity contribution < 1.29 is 18.1 Å². The Kier molecular flexibility index (Phi) is 9.90. The summed E-state index contributed by atoms with van der Waals surface area (Å²) in [7, 11) is -0.693. The van der Waals surface area contributed by atoms with E-state index in [2.05, 4.69) is 20.8 Å². The Labute approximate surface area is 182 Å². The largest absolute Gasteiger partial charge is 0.518 e. The van der Waals surface area contributed by atoms with E-state index in [0.717, 1.165) is 6.42 Å². The fourth-order valence-corrected chi connectivity index (χ4v) is 14.3. The Bertz CT molecular complexity index is 481. The molecule has 2 aliphatic carbocycles. The van der Waals surface area contributed by atoms with Crippen LogP contribution < -0.4 is 0 Å². The summed E-state index contributed by atoms with van der Waals surface area (Å²) in [6.07, 6.45) is 14.7. The summed E-state index contributed by atoms with van der Waals surface area (Å²) >= 11 is 0. The van der Waals surface area contributed by atoms with Gasteiger partial charge in [-0.05, 0) is 55.7 Å². The molecule has 0 aromatic rings. The van der Waals surface area contributed by atoms with E-state index >= 15 is 0 Å². The van der Waals surface area contributed by atoms with Crippen LogP contribution in [0.15, 0.2) is 0 Å². The summed E-state index contributed by atoms with van der Waals surface area (Å²) in [5.74, 6) is -0.0271. The minimum absolute atomic E-state index is 0.0271. The van der Waals surface area contributed by atoms with E-state index in [9.17, 15) is 4.79 Å². The van der Waals surface area contributed by atoms with Gasteiger partial charge in [-0.3, -0.25) is 4.79 Å². The molecule has 2 saturated carbocycles. The van der Waals surface area contributed by atoms with E-state index in [1.54, 1.807) is 14.2 Å². The molecule has 0 aliphatic heterocycles. The highest BCUT2D eigenvalue weighted by Gasteiger charge is 2.58. The molecule has 169 valence electrons. The Morgan fingerprint density at radius 1 is 0.966 bits per heavy atom. The quantitative estimate of drug-likeness (QED) is 0.346. The van der Waals surface area contributed by atoms with Crippen molar-refractivity contribution in [1.82, 2.24) is 0 Å². The van der Waals surface area contributed by atoms with Crippen LogP contribution in [0.1, 0.15) is 105 Å². The van der Waals surface area contributed by atoms with Gasteiger partial charge in [-0.1, -0.05) is 65.7 Å². The highest BCUT2D eigenvalue weighted by molar-refractivity contribution is 6.79. The number of carbonyl (C=O) groups is 1. The standard InChI is InChI=1S/C23H45O4Si2/c1-7-19(3)29(20-15-11-9-12-16-20,21-17-13-10-14-18-21)27-22(24)23(4,8-2)28(25-5)26-6/h19-21H,7-18H2,1-6H3. The van der Waals surface area contributed by atoms with Crippen LogP contribution in [0, 0.1) is 0 Å². The van der Waals surface area contributed by atoms with Gasteiger partial charge in [0.05, 0.1) is 0 Å². The van der Waals surface area contributed by atoms with E-state index in [0.29, 0.717) is 23.0 Å². The number of hydrogen-bond acceptors (Lipinski definition) is 4. The molecule has 0 spiro atoms. The molecular weight excluding hydrogens is 396 g/mol. The van der Waals surface area contributed by atoms with Crippen molar-refractivity contribution in [1.29, 1.82) is 0 Å². The smallest absolute Gasteiger partial charge is 0.402 e. The Balaban J connectivity index is 2.45. The molecule has 0 aromatic heterocycles. The van der Waals surface area contributed by atoms with Gasteiger partial charge in [-0.2, -0.15) is 0 Å². The third-order valence-electron chi connectivity index (χ3n) is 8.12. The van der Waals surface area contributed by atoms with Crippen LogP contribution in [-0.4, -0.2) is 37.8 Å². The second-order valence-electron chi connectivity index (χ2n) is 9.60. The Morgan fingerprint density at radius 2 is 1.41 bits per heavy atom. The molecular formula is C23H45O4Si2. The van der Waals surface area contributed by atoms with Gasteiger partial charge >= 0.3 is 9.28 Å². The van der Waals surface area contributed by atoms with Crippen molar-refractivity contribution in [2.75, 3.05) is 14.2 Å². The third kappa shape index (κ3) is 5.18. The van der Waals surface area contributed by atoms with Crippen LogP contribution in [-0.2, 0) is 18.1 Å². The van der Waals surface area contributed by atoms with Gasteiger partial charge in [0.1, 0.15) is 5.04 Å². The average molecular weight is 442 g/mol.